The van der Waals surface area contributed by atoms with E-state index in [9.17, 15) is 4.79 Å². The average Bonchev–Trinajstić information content (AvgIpc) is 3.08. The predicted molar refractivity (Wildman–Crippen MR) is 98.6 cm³/mol. The molecule has 3 aromatic rings. The fourth-order valence-electron chi connectivity index (χ4n) is 2.62. The molecule has 0 fully saturated rings. The Morgan fingerprint density at radius 3 is 2.73 bits per heavy atom. The molecular weight excluding hydrogens is 328 g/mol. The van der Waals surface area contributed by atoms with Crippen molar-refractivity contribution < 1.29 is 9.53 Å². The van der Waals surface area contributed by atoms with Gasteiger partial charge in [-0.3, -0.25) is 0 Å². The second-order valence-electron chi connectivity index (χ2n) is 6.14. The smallest absolute Gasteiger partial charge is 0.407 e. The summed E-state index contributed by atoms with van der Waals surface area (Å²) >= 11 is 0. The van der Waals surface area contributed by atoms with Crippen LogP contribution in [0.5, 0.6) is 0 Å². The third kappa shape index (κ3) is 5.44. The van der Waals surface area contributed by atoms with Crippen LogP contribution in [0.25, 0.3) is 0 Å². The van der Waals surface area contributed by atoms with Crippen LogP contribution >= 0.6 is 0 Å². The van der Waals surface area contributed by atoms with Crippen LogP contribution in [-0.2, 0) is 24.3 Å². The molecule has 134 valence electrons. The molecule has 0 spiro atoms. The van der Waals surface area contributed by atoms with Gasteiger partial charge in [0.25, 0.3) is 0 Å². The zero-order valence-electron chi connectivity index (χ0n) is 14.8. The van der Waals surface area contributed by atoms with Gasteiger partial charge in [0.15, 0.2) is 0 Å². The van der Waals surface area contributed by atoms with E-state index in [0.29, 0.717) is 18.8 Å². The molecule has 6 nitrogen and oxygen atoms in total. The Hall–Kier alpha value is -3.15. The number of nitrogens with one attached hydrogen (secondary N) is 1. The lowest BCUT2D eigenvalue weighted by Gasteiger charge is -2.05. The van der Waals surface area contributed by atoms with Crippen LogP contribution in [0.1, 0.15) is 22.4 Å². The summed E-state index contributed by atoms with van der Waals surface area (Å²) in [5.41, 5.74) is 4.15. The number of alkyl carbamates (subject to hydrolysis) is 1. The first-order chi connectivity index (χ1) is 12.7. The van der Waals surface area contributed by atoms with E-state index in [4.69, 9.17) is 4.74 Å². The second-order valence-corrected chi connectivity index (χ2v) is 6.14. The maximum absolute atomic E-state index is 11.8. The number of aryl methyl sites for hydroxylation is 1. The Balaban J connectivity index is 1.40. The number of aromatic nitrogens is 3. The zero-order valence-corrected chi connectivity index (χ0v) is 14.8. The molecule has 0 saturated heterocycles. The maximum atomic E-state index is 11.8. The average molecular weight is 350 g/mol. The highest BCUT2D eigenvalue weighted by Gasteiger charge is 2.06. The molecule has 3 rings (SSSR count). The van der Waals surface area contributed by atoms with E-state index in [-0.39, 0.29) is 6.61 Å². The second kappa shape index (κ2) is 8.80. The first-order valence-corrected chi connectivity index (χ1v) is 8.58. The van der Waals surface area contributed by atoms with E-state index in [1.807, 2.05) is 42.5 Å². The summed E-state index contributed by atoms with van der Waals surface area (Å²) in [5, 5.41) is 10.9. The summed E-state index contributed by atoms with van der Waals surface area (Å²) in [5.74, 6) is 0. The van der Waals surface area contributed by atoms with Gasteiger partial charge < -0.3 is 10.1 Å². The molecule has 26 heavy (non-hydrogen) atoms. The molecule has 0 saturated carbocycles. The van der Waals surface area contributed by atoms with Gasteiger partial charge in [0.2, 0.25) is 0 Å². The normalized spacial score (nSPS) is 10.5. The van der Waals surface area contributed by atoms with E-state index in [1.54, 1.807) is 10.9 Å². The van der Waals surface area contributed by atoms with E-state index in [2.05, 4.69) is 34.7 Å². The van der Waals surface area contributed by atoms with Crippen LogP contribution in [-0.4, -0.2) is 27.6 Å². The van der Waals surface area contributed by atoms with Crippen molar-refractivity contribution in [1.82, 2.24) is 20.3 Å². The Morgan fingerprint density at radius 1 is 1.12 bits per heavy atom. The fraction of sp³-hybridized carbons (Fsp3) is 0.250. The molecule has 0 aliphatic heterocycles. The van der Waals surface area contributed by atoms with Gasteiger partial charge in [0, 0.05) is 6.54 Å². The summed E-state index contributed by atoms with van der Waals surface area (Å²) in [6, 6.07) is 18.2. The molecule has 0 unspecified atom stereocenters. The van der Waals surface area contributed by atoms with E-state index in [0.717, 1.165) is 12.0 Å². The molecule has 0 atom stereocenters. The van der Waals surface area contributed by atoms with Gasteiger partial charge >= 0.3 is 6.09 Å². The van der Waals surface area contributed by atoms with Crippen molar-refractivity contribution in [3.05, 3.63) is 83.2 Å². The summed E-state index contributed by atoms with van der Waals surface area (Å²) in [6.07, 6.45) is 2.11. The molecule has 0 radical (unpaired) electrons. The number of rotatable bonds is 7. The summed E-state index contributed by atoms with van der Waals surface area (Å²) in [6.45, 7) is 3.33. The summed E-state index contributed by atoms with van der Waals surface area (Å²) in [7, 11) is 0. The van der Waals surface area contributed by atoms with Crippen molar-refractivity contribution in [2.45, 2.75) is 26.5 Å². The van der Waals surface area contributed by atoms with Crippen LogP contribution < -0.4 is 5.32 Å². The molecule has 6 heteroatoms. The number of amides is 1. The molecule has 1 aromatic heterocycles. The minimum atomic E-state index is -0.450. The Morgan fingerprint density at radius 2 is 1.92 bits per heavy atom. The maximum Gasteiger partial charge on any atom is 0.407 e. The summed E-state index contributed by atoms with van der Waals surface area (Å²) < 4.78 is 6.92. The van der Waals surface area contributed by atoms with Gasteiger partial charge in [-0.2, -0.15) is 0 Å². The lowest BCUT2D eigenvalue weighted by Crippen LogP contribution is -2.26. The minimum Gasteiger partial charge on any atom is -0.443 e. The number of carbonyl (C=O) groups is 1. The molecule has 1 N–H and O–H groups in total. The number of hydrogen-bond acceptors (Lipinski definition) is 4. The highest BCUT2D eigenvalue weighted by atomic mass is 16.5. The van der Waals surface area contributed by atoms with Crippen LogP contribution in [0.15, 0.2) is 60.8 Å². The Labute approximate surface area is 152 Å². The minimum absolute atomic E-state index is 0.102. The predicted octanol–water partition coefficient (Wildman–Crippen LogP) is 3.10. The molecule has 0 aliphatic carbocycles. The third-order valence-electron chi connectivity index (χ3n) is 3.89. The molecule has 0 bridgehead atoms. The number of hydrogen-bond donors (Lipinski definition) is 1. The van der Waals surface area contributed by atoms with E-state index < -0.39 is 6.09 Å². The van der Waals surface area contributed by atoms with E-state index in [1.165, 1.54) is 11.1 Å². The lowest BCUT2D eigenvalue weighted by atomic mass is 10.1. The largest absolute Gasteiger partial charge is 0.443 e. The van der Waals surface area contributed by atoms with Gasteiger partial charge in [-0.05, 0) is 24.5 Å². The molecule has 0 aliphatic rings. The van der Waals surface area contributed by atoms with Crippen LogP contribution in [0.2, 0.25) is 0 Å². The molecule has 1 amide bonds. The first-order valence-electron chi connectivity index (χ1n) is 8.58. The fourth-order valence-corrected chi connectivity index (χ4v) is 2.62. The van der Waals surface area contributed by atoms with Crippen molar-refractivity contribution >= 4 is 6.09 Å². The quantitative estimate of drug-likeness (QED) is 0.711. The van der Waals surface area contributed by atoms with Crippen LogP contribution in [0, 0.1) is 6.92 Å². The van der Waals surface area contributed by atoms with Crippen molar-refractivity contribution in [1.29, 1.82) is 0 Å². The lowest BCUT2D eigenvalue weighted by molar-refractivity contribution is 0.138. The number of ether oxygens (including phenoxy) is 1. The molecule has 2 aromatic carbocycles. The standard InChI is InChI=1S/C20H22N4O2/c1-16-6-5-9-18(12-16)13-24-14-19(22-23-24)15-26-20(25)21-11-10-17-7-3-2-4-8-17/h2-9,12,14H,10-11,13,15H2,1H3,(H,21,25). The van der Waals surface area contributed by atoms with Crippen molar-refractivity contribution in [2.75, 3.05) is 6.54 Å². The Bertz CT molecular complexity index is 846. The van der Waals surface area contributed by atoms with Crippen molar-refractivity contribution in [2.24, 2.45) is 0 Å². The highest BCUT2D eigenvalue weighted by molar-refractivity contribution is 5.67. The summed E-state index contributed by atoms with van der Waals surface area (Å²) in [4.78, 5) is 11.8. The highest BCUT2D eigenvalue weighted by Crippen LogP contribution is 2.06. The first kappa shape index (κ1) is 17.7. The van der Waals surface area contributed by atoms with Gasteiger partial charge in [-0.25, -0.2) is 9.48 Å². The van der Waals surface area contributed by atoms with E-state index >= 15 is 0 Å². The van der Waals surface area contributed by atoms with Gasteiger partial charge in [0.1, 0.15) is 12.3 Å². The third-order valence-corrected chi connectivity index (χ3v) is 3.89. The topological polar surface area (TPSA) is 69.0 Å². The van der Waals surface area contributed by atoms with Crippen molar-refractivity contribution in [3.8, 4) is 0 Å². The van der Waals surface area contributed by atoms with Crippen LogP contribution in [0.4, 0.5) is 4.79 Å². The monoisotopic (exact) mass is 350 g/mol. The number of nitrogens with zero attached hydrogens (tertiary/aromatic N) is 3. The van der Waals surface area contributed by atoms with Gasteiger partial charge in [-0.1, -0.05) is 65.4 Å². The Kier molecular flexibility index (Phi) is 5.98. The zero-order chi connectivity index (χ0) is 18.2. The SMILES string of the molecule is Cc1cccc(Cn2cc(COC(=O)NCCc3ccccc3)nn2)c1. The number of carbonyl (C=O) groups excluding carboxylic acids is 1. The van der Waals surface area contributed by atoms with Gasteiger partial charge in [-0.15, -0.1) is 5.10 Å². The number of benzene rings is 2. The van der Waals surface area contributed by atoms with Crippen molar-refractivity contribution in [3.63, 3.8) is 0 Å². The van der Waals surface area contributed by atoms with Crippen LogP contribution in [0.3, 0.4) is 0 Å². The van der Waals surface area contributed by atoms with Gasteiger partial charge in [0.05, 0.1) is 12.7 Å². The molecular formula is C20H22N4O2. The molecule has 1 heterocycles.